The molecular weight excluding hydrogens is 159 g/mol. The maximum Gasteiger partial charge on any atom is 0.352 e. The molecule has 7 nitrogen and oxygen atoms in total. The standard InChI is InChI=1S/C2H5N4O3P/c3-1-2(7,5-6-4)10(8)9/h7H,1,3H2. The largest absolute Gasteiger partial charge is 0.593 e. The Morgan fingerprint density at radius 2 is 2.50 bits per heavy atom. The summed E-state index contributed by atoms with van der Waals surface area (Å²) < 4.78 is 10.1. The summed E-state index contributed by atoms with van der Waals surface area (Å²) >= 11 is 0. The Balaban J connectivity index is 4.54. The molecule has 0 aromatic carbocycles. The molecule has 0 aromatic heterocycles. The van der Waals surface area contributed by atoms with Gasteiger partial charge in [0.15, 0.2) is 0 Å². The molecule has 2 atom stereocenters. The van der Waals surface area contributed by atoms with Crippen molar-refractivity contribution in [3.8, 4) is 0 Å². The average Bonchev–Trinajstić information content (AvgIpc) is 1.88. The van der Waals surface area contributed by atoms with E-state index in [0.29, 0.717) is 0 Å². The third kappa shape index (κ3) is 1.91. The van der Waals surface area contributed by atoms with E-state index in [1.165, 1.54) is 0 Å². The van der Waals surface area contributed by atoms with Crippen molar-refractivity contribution in [2.24, 2.45) is 10.8 Å². The molecule has 56 valence electrons. The molecule has 0 radical (unpaired) electrons. The summed E-state index contributed by atoms with van der Waals surface area (Å²) in [5, 5.41) is 11.3. The Hall–Kier alpha value is -0.710. The quantitative estimate of drug-likeness (QED) is 0.239. The molecule has 0 aliphatic carbocycles. The highest BCUT2D eigenvalue weighted by molar-refractivity contribution is 7.38. The maximum atomic E-state index is 10.1. The van der Waals surface area contributed by atoms with Crippen LogP contribution in [0.1, 0.15) is 0 Å². The SMILES string of the molecule is [N-]=[N+]=NC(O)(CN)[P+](=O)[O-]. The van der Waals surface area contributed by atoms with Gasteiger partial charge in [0.2, 0.25) is 0 Å². The zero-order valence-electron chi connectivity index (χ0n) is 4.84. The van der Waals surface area contributed by atoms with Gasteiger partial charge in [0.25, 0.3) is 0 Å². The zero-order chi connectivity index (χ0) is 8.20. The zero-order valence-corrected chi connectivity index (χ0v) is 5.73. The van der Waals surface area contributed by atoms with Crippen molar-refractivity contribution in [2.75, 3.05) is 6.54 Å². The molecule has 0 rings (SSSR count). The highest BCUT2D eigenvalue weighted by Crippen LogP contribution is 2.28. The Morgan fingerprint density at radius 1 is 2.00 bits per heavy atom. The molecule has 0 aliphatic rings. The van der Waals surface area contributed by atoms with Crippen LogP contribution in [0.4, 0.5) is 0 Å². The molecule has 0 aromatic rings. The van der Waals surface area contributed by atoms with E-state index in [9.17, 15) is 9.46 Å². The van der Waals surface area contributed by atoms with Crippen LogP contribution < -0.4 is 10.6 Å². The second kappa shape index (κ2) is 3.46. The van der Waals surface area contributed by atoms with Gasteiger partial charge in [-0.15, -0.1) is 0 Å². The normalized spacial score (nSPS) is 16.9. The molecular formula is C2H5N4O3P. The lowest BCUT2D eigenvalue weighted by molar-refractivity contribution is -0.178. The minimum absolute atomic E-state index is 0.643. The van der Waals surface area contributed by atoms with Crippen molar-refractivity contribution in [2.45, 2.75) is 5.47 Å². The molecule has 0 bridgehead atoms. The van der Waals surface area contributed by atoms with Crippen molar-refractivity contribution in [1.29, 1.82) is 0 Å². The van der Waals surface area contributed by atoms with Crippen LogP contribution in [0.15, 0.2) is 5.11 Å². The van der Waals surface area contributed by atoms with Crippen LogP contribution in [0.3, 0.4) is 0 Å². The van der Waals surface area contributed by atoms with E-state index >= 15 is 0 Å². The van der Waals surface area contributed by atoms with Crippen LogP contribution in [0, 0.1) is 0 Å². The van der Waals surface area contributed by atoms with Crippen molar-refractivity contribution in [3.63, 3.8) is 0 Å². The summed E-state index contributed by atoms with van der Waals surface area (Å²) in [4.78, 5) is 12.2. The van der Waals surface area contributed by atoms with Crippen LogP contribution in [0.2, 0.25) is 0 Å². The molecule has 2 unspecified atom stereocenters. The third-order valence-electron chi connectivity index (χ3n) is 0.771. The van der Waals surface area contributed by atoms with Gasteiger partial charge < -0.3 is 15.7 Å². The number of nitrogens with two attached hydrogens (primary N) is 1. The fraction of sp³-hybridized carbons (Fsp3) is 1.00. The molecule has 0 heterocycles. The molecule has 10 heavy (non-hydrogen) atoms. The van der Waals surface area contributed by atoms with Crippen molar-refractivity contribution in [1.82, 2.24) is 0 Å². The molecule has 0 amide bonds. The van der Waals surface area contributed by atoms with Crippen LogP contribution in [-0.2, 0) is 4.57 Å². The molecule has 0 saturated carbocycles. The van der Waals surface area contributed by atoms with E-state index < -0.39 is 20.0 Å². The van der Waals surface area contributed by atoms with E-state index in [0.717, 1.165) is 0 Å². The summed E-state index contributed by atoms with van der Waals surface area (Å²) in [5.41, 5.74) is 10.1. The summed E-state index contributed by atoms with van der Waals surface area (Å²) in [5.74, 6) is 0. The van der Waals surface area contributed by atoms with E-state index in [4.69, 9.17) is 16.4 Å². The van der Waals surface area contributed by atoms with Gasteiger partial charge >= 0.3 is 13.5 Å². The predicted molar refractivity (Wildman–Crippen MR) is 30.8 cm³/mol. The highest BCUT2D eigenvalue weighted by Gasteiger charge is 2.38. The summed E-state index contributed by atoms with van der Waals surface area (Å²) in [6.45, 7) is -0.643. The van der Waals surface area contributed by atoms with Gasteiger partial charge in [-0.3, -0.25) is 0 Å². The number of hydrogen-bond donors (Lipinski definition) is 2. The average molecular weight is 164 g/mol. The van der Waals surface area contributed by atoms with E-state index in [1.54, 1.807) is 0 Å². The Kier molecular flexibility index (Phi) is 3.21. The summed E-state index contributed by atoms with van der Waals surface area (Å²) in [6.07, 6.45) is 0. The first-order chi connectivity index (χ1) is 4.56. The number of aliphatic hydroxyl groups is 1. The van der Waals surface area contributed by atoms with Crippen molar-refractivity contribution in [3.05, 3.63) is 10.4 Å². The monoisotopic (exact) mass is 164 g/mol. The lowest BCUT2D eigenvalue weighted by atomic mass is 10.6. The lowest BCUT2D eigenvalue weighted by Gasteiger charge is -2.08. The van der Waals surface area contributed by atoms with Gasteiger partial charge in [-0.05, 0) is 10.6 Å². The molecule has 3 N–H and O–H groups in total. The van der Waals surface area contributed by atoms with Gasteiger partial charge in [-0.1, -0.05) is 4.57 Å². The Morgan fingerprint density at radius 3 is 2.60 bits per heavy atom. The first kappa shape index (κ1) is 9.29. The van der Waals surface area contributed by atoms with Gasteiger partial charge in [-0.25, -0.2) is 0 Å². The summed E-state index contributed by atoms with van der Waals surface area (Å²) in [6, 6.07) is 0. The number of azide groups is 1. The number of nitrogens with zero attached hydrogens (tertiary/aromatic N) is 3. The molecule has 0 aliphatic heterocycles. The van der Waals surface area contributed by atoms with Crippen LogP contribution >= 0.6 is 8.03 Å². The number of hydrogen-bond acceptors (Lipinski definition) is 5. The van der Waals surface area contributed by atoms with Crippen LogP contribution in [0.25, 0.3) is 10.4 Å². The molecule has 0 saturated heterocycles. The van der Waals surface area contributed by atoms with E-state index in [1.807, 2.05) is 0 Å². The van der Waals surface area contributed by atoms with E-state index in [-0.39, 0.29) is 0 Å². The first-order valence-corrected chi connectivity index (χ1v) is 3.38. The van der Waals surface area contributed by atoms with Crippen LogP contribution in [-0.4, -0.2) is 17.1 Å². The van der Waals surface area contributed by atoms with Gasteiger partial charge in [0.1, 0.15) is 0 Å². The van der Waals surface area contributed by atoms with Gasteiger partial charge in [-0.2, -0.15) is 0 Å². The van der Waals surface area contributed by atoms with Gasteiger partial charge in [0.05, 0.1) is 6.54 Å². The Labute approximate surface area is 57.0 Å². The number of rotatable bonds is 3. The lowest BCUT2D eigenvalue weighted by Crippen LogP contribution is -2.33. The highest BCUT2D eigenvalue weighted by atomic mass is 31.1. The van der Waals surface area contributed by atoms with Crippen LogP contribution in [0.5, 0.6) is 0 Å². The maximum absolute atomic E-state index is 10.1. The van der Waals surface area contributed by atoms with E-state index in [2.05, 4.69) is 10.0 Å². The first-order valence-electron chi connectivity index (χ1n) is 2.20. The predicted octanol–water partition coefficient (Wildman–Crippen LogP) is -0.996. The van der Waals surface area contributed by atoms with Gasteiger partial charge in [0, 0.05) is 4.91 Å². The molecule has 0 fully saturated rings. The smallest absolute Gasteiger partial charge is 0.352 e. The fourth-order valence-corrected chi connectivity index (χ4v) is 0.486. The topological polar surface area (TPSA) is 135 Å². The van der Waals surface area contributed by atoms with Crippen molar-refractivity contribution >= 4 is 8.03 Å². The minimum atomic E-state index is -3.24. The minimum Gasteiger partial charge on any atom is -0.593 e. The molecule has 8 heteroatoms. The molecule has 0 spiro atoms. The fourth-order valence-electron chi connectivity index (χ4n) is 0.223. The second-order valence-corrected chi connectivity index (χ2v) is 2.66. The van der Waals surface area contributed by atoms with Crippen molar-refractivity contribution < 1.29 is 14.6 Å². The third-order valence-corrected chi connectivity index (χ3v) is 1.63. The second-order valence-electron chi connectivity index (χ2n) is 1.43. The Bertz CT molecular complexity index is 185. The summed E-state index contributed by atoms with van der Waals surface area (Å²) in [7, 11) is -3.24.